The fraction of sp³-hybridized carbons (Fsp3) is 0. The Morgan fingerprint density at radius 3 is 2.92 bits per heavy atom. The summed E-state index contributed by atoms with van der Waals surface area (Å²) < 4.78 is 13.2. The molecule has 0 aliphatic carbocycles. The van der Waals surface area contributed by atoms with Gasteiger partial charge < -0.3 is 10.1 Å². The van der Waals surface area contributed by atoms with E-state index in [0.29, 0.717) is 10.2 Å². The number of aromatic carboxylic acids is 1. The van der Waals surface area contributed by atoms with Crippen molar-refractivity contribution in [1.82, 2.24) is 4.98 Å². The molecule has 0 aliphatic rings. The molecular formula is C7H4FNO2S. The van der Waals surface area contributed by atoms with E-state index in [9.17, 15) is 9.18 Å². The summed E-state index contributed by atoms with van der Waals surface area (Å²) in [5, 5.41) is 8.24. The van der Waals surface area contributed by atoms with E-state index in [1.54, 1.807) is 0 Å². The van der Waals surface area contributed by atoms with E-state index < -0.39 is 5.97 Å². The first kappa shape index (κ1) is 7.30. The summed E-state index contributed by atoms with van der Waals surface area (Å²) in [7, 11) is 0. The highest BCUT2D eigenvalue weighted by Gasteiger charge is 2.09. The lowest BCUT2D eigenvalue weighted by molar-refractivity contribution is 0.0691. The van der Waals surface area contributed by atoms with E-state index in [2.05, 4.69) is 4.98 Å². The van der Waals surface area contributed by atoms with Gasteiger partial charge in [-0.1, -0.05) is 0 Å². The number of H-pyrrole nitrogens is 1. The van der Waals surface area contributed by atoms with Crippen molar-refractivity contribution in [3.63, 3.8) is 0 Å². The lowest BCUT2D eigenvalue weighted by atomic mass is 10.4. The highest BCUT2D eigenvalue weighted by atomic mass is 32.1. The van der Waals surface area contributed by atoms with Gasteiger partial charge in [-0.3, -0.25) is 0 Å². The van der Waals surface area contributed by atoms with Gasteiger partial charge in [0, 0.05) is 6.07 Å². The Balaban J connectivity index is 2.64. The number of thiophene rings is 1. The summed E-state index contributed by atoms with van der Waals surface area (Å²) in [4.78, 5) is 13.0. The predicted molar refractivity (Wildman–Crippen MR) is 43.1 cm³/mol. The number of hydrogen-bond acceptors (Lipinski definition) is 2. The van der Waals surface area contributed by atoms with Crippen LogP contribution in [0.5, 0.6) is 0 Å². The van der Waals surface area contributed by atoms with E-state index in [0.717, 1.165) is 11.3 Å². The minimum Gasteiger partial charge on any atom is -0.477 e. The molecule has 0 fully saturated rings. The maximum absolute atomic E-state index is 12.5. The monoisotopic (exact) mass is 185 g/mol. The van der Waals surface area contributed by atoms with Crippen LogP contribution in [-0.4, -0.2) is 16.1 Å². The first-order chi connectivity index (χ1) is 5.66. The van der Waals surface area contributed by atoms with E-state index >= 15 is 0 Å². The topological polar surface area (TPSA) is 53.1 Å². The molecular weight excluding hydrogens is 181 g/mol. The molecule has 2 aromatic heterocycles. The predicted octanol–water partition coefficient (Wildman–Crippen LogP) is 2.07. The quantitative estimate of drug-likeness (QED) is 0.714. The Morgan fingerprint density at radius 2 is 2.33 bits per heavy atom. The van der Waals surface area contributed by atoms with Crippen LogP contribution in [0.2, 0.25) is 0 Å². The zero-order chi connectivity index (χ0) is 8.72. The van der Waals surface area contributed by atoms with Crippen LogP contribution in [0.4, 0.5) is 4.39 Å². The average molecular weight is 185 g/mol. The smallest absolute Gasteiger partial charge is 0.352 e. The van der Waals surface area contributed by atoms with Crippen molar-refractivity contribution in [3.8, 4) is 0 Å². The second-order valence-electron chi connectivity index (χ2n) is 2.32. The van der Waals surface area contributed by atoms with Crippen LogP contribution in [0.3, 0.4) is 0 Å². The molecule has 2 N–H and O–H groups in total. The van der Waals surface area contributed by atoms with Gasteiger partial charge in [0.05, 0.1) is 10.2 Å². The molecule has 0 saturated carbocycles. The summed E-state index contributed by atoms with van der Waals surface area (Å²) in [5.74, 6) is -1.03. The van der Waals surface area contributed by atoms with Crippen LogP contribution >= 0.6 is 11.3 Å². The number of halogens is 1. The zero-order valence-electron chi connectivity index (χ0n) is 5.80. The first-order valence-electron chi connectivity index (χ1n) is 3.18. The second kappa shape index (κ2) is 2.31. The van der Waals surface area contributed by atoms with Gasteiger partial charge in [-0.15, -0.1) is 11.3 Å². The van der Waals surface area contributed by atoms with Gasteiger partial charge in [0.25, 0.3) is 0 Å². The lowest BCUT2D eigenvalue weighted by Crippen LogP contribution is -1.94. The van der Waals surface area contributed by atoms with Crippen molar-refractivity contribution in [2.75, 3.05) is 0 Å². The summed E-state index contributed by atoms with van der Waals surface area (Å²) in [5.41, 5.74) is 0.631. The highest BCUT2D eigenvalue weighted by Crippen LogP contribution is 2.24. The number of nitrogens with one attached hydrogen (secondary N) is 1. The number of aromatic amines is 1. The van der Waals surface area contributed by atoms with E-state index in [1.807, 2.05) is 0 Å². The molecule has 62 valence electrons. The minimum absolute atomic E-state index is 0.0938. The van der Waals surface area contributed by atoms with Crippen molar-refractivity contribution < 1.29 is 14.3 Å². The number of carboxylic acids is 1. The first-order valence-corrected chi connectivity index (χ1v) is 4.00. The fourth-order valence-corrected chi connectivity index (χ4v) is 1.79. The van der Waals surface area contributed by atoms with Crippen molar-refractivity contribution in [1.29, 1.82) is 0 Å². The van der Waals surface area contributed by atoms with Gasteiger partial charge >= 0.3 is 5.97 Å². The molecule has 0 aromatic carbocycles. The van der Waals surface area contributed by atoms with Crippen LogP contribution in [0.15, 0.2) is 12.1 Å². The molecule has 0 saturated heterocycles. The van der Waals surface area contributed by atoms with Gasteiger partial charge in [-0.2, -0.15) is 4.39 Å². The average Bonchev–Trinajstić information content (AvgIpc) is 2.42. The number of carboxylic acid groups (broad SMARTS) is 1. The second-order valence-corrected chi connectivity index (χ2v) is 3.35. The molecule has 0 amide bonds. The van der Waals surface area contributed by atoms with E-state index in [-0.39, 0.29) is 10.8 Å². The van der Waals surface area contributed by atoms with Gasteiger partial charge in [-0.05, 0) is 6.07 Å². The molecule has 0 unspecified atom stereocenters. The minimum atomic E-state index is -1.03. The van der Waals surface area contributed by atoms with Crippen LogP contribution in [0, 0.1) is 5.13 Å². The maximum Gasteiger partial charge on any atom is 0.352 e. The molecule has 0 radical (unpaired) electrons. The zero-order valence-corrected chi connectivity index (χ0v) is 6.61. The summed E-state index contributed by atoms with van der Waals surface area (Å²) in [6.07, 6.45) is 0. The molecule has 2 aromatic rings. The Labute approximate surface area is 70.4 Å². The molecule has 2 heterocycles. The molecule has 2 rings (SSSR count). The lowest BCUT2D eigenvalue weighted by Gasteiger charge is -1.83. The van der Waals surface area contributed by atoms with Crippen LogP contribution in [0.1, 0.15) is 10.5 Å². The Hall–Kier alpha value is -1.36. The third kappa shape index (κ3) is 0.984. The Bertz CT molecular complexity index is 414. The van der Waals surface area contributed by atoms with Crippen molar-refractivity contribution in [2.24, 2.45) is 0 Å². The van der Waals surface area contributed by atoms with Crippen molar-refractivity contribution in [3.05, 3.63) is 23.0 Å². The SMILES string of the molecule is O=C(O)c1cc2sc(F)cc2[nH]1. The Morgan fingerprint density at radius 1 is 1.58 bits per heavy atom. The van der Waals surface area contributed by atoms with E-state index in [1.165, 1.54) is 12.1 Å². The number of aromatic nitrogens is 1. The third-order valence-electron chi connectivity index (χ3n) is 1.51. The van der Waals surface area contributed by atoms with Crippen LogP contribution in [0.25, 0.3) is 10.2 Å². The van der Waals surface area contributed by atoms with Gasteiger partial charge in [0.15, 0.2) is 5.13 Å². The van der Waals surface area contributed by atoms with Gasteiger partial charge in [-0.25, -0.2) is 4.79 Å². The molecule has 0 aliphatic heterocycles. The van der Waals surface area contributed by atoms with Crippen LogP contribution in [-0.2, 0) is 0 Å². The van der Waals surface area contributed by atoms with Crippen molar-refractivity contribution in [2.45, 2.75) is 0 Å². The molecule has 0 atom stereocenters. The summed E-state index contributed by atoms with van der Waals surface area (Å²) in [6, 6.07) is 2.71. The third-order valence-corrected chi connectivity index (χ3v) is 2.38. The Kier molecular flexibility index (Phi) is 1.41. The van der Waals surface area contributed by atoms with E-state index in [4.69, 9.17) is 5.11 Å². The number of hydrogen-bond donors (Lipinski definition) is 2. The number of fused-ring (bicyclic) bond motifs is 1. The largest absolute Gasteiger partial charge is 0.477 e. The molecule has 5 heteroatoms. The number of rotatable bonds is 1. The molecule has 0 spiro atoms. The number of carbonyl (C=O) groups is 1. The summed E-state index contributed by atoms with van der Waals surface area (Å²) >= 11 is 0.929. The standard InChI is InChI=1S/C7H4FNO2S/c8-6-2-3-5(12-6)1-4(9-3)7(10)11/h1-2,9H,(H,10,11). The summed E-state index contributed by atoms with van der Waals surface area (Å²) in [6.45, 7) is 0. The van der Waals surface area contributed by atoms with Gasteiger partial charge in [0.2, 0.25) is 0 Å². The van der Waals surface area contributed by atoms with Gasteiger partial charge in [0.1, 0.15) is 5.69 Å². The molecule has 3 nitrogen and oxygen atoms in total. The van der Waals surface area contributed by atoms with Crippen molar-refractivity contribution >= 4 is 27.5 Å². The fourth-order valence-electron chi connectivity index (χ4n) is 1.01. The highest BCUT2D eigenvalue weighted by molar-refractivity contribution is 7.17. The normalized spacial score (nSPS) is 10.8. The van der Waals surface area contributed by atoms with Crippen LogP contribution < -0.4 is 0 Å². The molecule has 0 bridgehead atoms. The molecule has 12 heavy (non-hydrogen) atoms. The maximum atomic E-state index is 12.5.